The lowest BCUT2D eigenvalue weighted by atomic mass is 10.0. The highest BCUT2D eigenvalue weighted by molar-refractivity contribution is 6.13. The quantitative estimate of drug-likeness (QED) is 0.476. The highest BCUT2D eigenvalue weighted by Gasteiger charge is 2.12. The number of benzene rings is 3. The number of rotatable bonds is 1. The molecule has 0 bridgehead atoms. The maximum Gasteiger partial charge on any atom is 0.116 e. The second-order valence-corrected chi connectivity index (χ2v) is 5.64. The standard InChI is InChI=1S/C20H13N3/c1-4-11-18-13(6-1)14-8-5-9-16(20(14)23-18)19-15-7-2-3-10-17(15)21-12-22-19/h1-12,23H. The van der Waals surface area contributed by atoms with Crippen molar-refractivity contribution < 1.29 is 0 Å². The fourth-order valence-corrected chi connectivity index (χ4v) is 3.29. The van der Waals surface area contributed by atoms with E-state index >= 15 is 0 Å². The molecule has 5 rings (SSSR count). The van der Waals surface area contributed by atoms with Gasteiger partial charge in [-0.05, 0) is 12.1 Å². The van der Waals surface area contributed by atoms with Gasteiger partial charge < -0.3 is 4.98 Å². The topological polar surface area (TPSA) is 41.6 Å². The molecule has 108 valence electrons. The number of aromatic amines is 1. The molecule has 0 radical (unpaired) electrons. The molecule has 1 N–H and O–H groups in total. The first kappa shape index (κ1) is 12.4. The highest BCUT2D eigenvalue weighted by Crippen LogP contribution is 2.34. The van der Waals surface area contributed by atoms with Crippen LogP contribution in [0.3, 0.4) is 0 Å². The van der Waals surface area contributed by atoms with Crippen LogP contribution in [0, 0.1) is 0 Å². The number of hydrogen-bond acceptors (Lipinski definition) is 2. The van der Waals surface area contributed by atoms with Gasteiger partial charge in [-0.15, -0.1) is 0 Å². The number of hydrogen-bond donors (Lipinski definition) is 1. The summed E-state index contributed by atoms with van der Waals surface area (Å²) in [6.45, 7) is 0. The second kappa shape index (κ2) is 4.65. The van der Waals surface area contributed by atoms with E-state index in [9.17, 15) is 0 Å². The van der Waals surface area contributed by atoms with Crippen molar-refractivity contribution in [2.24, 2.45) is 0 Å². The zero-order valence-electron chi connectivity index (χ0n) is 12.3. The summed E-state index contributed by atoms with van der Waals surface area (Å²) < 4.78 is 0. The first-order valence-electron chi connectivity index (χ1n) is 7.61. The van der Waals surface area contributed by atoms with Gasteiger partial charge in [0, 0.05) is 27.2 Å². The van der Waals surface area contributed by atoms with Gasteiger partial charge in [0.25, 0.3) is 0 Å². The molecular weight excluding hydrogens is 282 g/mol. The average molecular weight is 295 g/mol. The number of nitrogens with one attached hydrogen (secondary N) is 1. The molecule has 0 atom stereocenters. The molecule has 0 saturated carbocycles. The van der Waals surface area contributed by atoms with Crippen molar-refractivity contribution in [1.82, 2.24) is 15.0 Å². The number of fused-ring (bicyclic) bond motifs is 4. The maximum atomic E-state index is 4.57. The van der Waals surface area contributed by atoms with Crippen LogP contribution in [0.5, 0.6) is 0 Å². The Hall–Kier alpha value is -3.20. The van der Waals surface area contributed by atoms with Gasteiger partial charge in [-0.25, -0.2) is 9.97 Å². The summed E-state index contributed by atoms with van der Waals surface area (Å²) in [5.74, 6) is 0. The third-order valence-corrected chi connectivity index (χ3v) is 4.34. The molecule has 0 amide bonds. The van der Waals surface area contributed by atoms with Crippen LogP contribution in [0.25, 0.3) is 44.0 Å². The molecule has 5 aromatic rings. The lowest BCUT2D eigenvalue weighted by molar-refractivity contribution is 1.23. The third kappa shape index (κ3) is 1.77. The van der Waals surface area contributed by atoms with Gasteiger partial charge in [-0.3, -0.25) is 0 Å². The monoisotopic (exact) mass is 295 g/mol. The Balaban J connectivity index is 1.93. The van der Waals surface area contributed by atoms with Crippen molar-refractivity contribution >= 4 is 32.7 Å². The summed E-state index contributed by atoms with van der Waals surface area (Å²) in [6, 6.07) is 22.9. The Labute approximate surface area is 132 Å². The summed E-state index contributed by atoms with van der Waals surface area (Å²) >= 11 is 0. The zero-order valence-corrected chi connectivity index (χ0v) is 12.3. The predicted molar refractivity (Wildman–Crippen MR) is 94.3 cm³/mol. The summed E-state index contributed by atoms with van der Waals surface area (Å²) in [6.07, 6.45) is 1.64. The van der Waals surface area contributed by atoms with Gasteiger partial charge >= 0.3 is 0 Å². The average Bonchev–Trinajstić information content (AvgIpc) is 3.00. The van der Waals surface area contributed by atoms with Crippen molar-refractivity contribution in [3.05, 3.63) is 73.1 Å². The van der Waals surface area contributed by atoms with E-state index < -0.39 is 0 Å². The minimum atomic E-state index is 0.964. The summed E-state index contributed by atoms with van der Waals surface area (Å²) in [5.41, 5.74) is 5.31. The van der Waals surface area contributed by atoms with Crippen LogP contribution in [-0.4, -0.2) is 15.0 Å². The van der Waals surface area contributed by atoms with E-state index in [4.69, 9.17) is 0 Å². The van der Waals surface area contributed by atoms with Crippen molar-refractivity contribution in [3.8, 4) is 11.3 Å². The van der Waals surface area contributed by atoms with E-state index in [0.717, 1.165) is 33.2 Å². The third-order valence-electron chi connectivity index (χ3n) is 4.34. The molecule has 3 heteroatoms. The Morgan fingerprint density at radius 1 is 0.652 bits per heavy atom. The van der Waals surface area contributed by atoms with Gasteiger partial charge in [0.2, 0.25) is 0 Å². The van der Waals surface area contributed by atoms with Crippen LogP contribution in [0.15, 0.2) is 73.1 Å². The van der Waals surface area contributed by atoms with Gasteiger partial charge in [0.1, 0.15) is 6.33 Å². The Bertz CT molecular complexity index is 1170. The normalized spacial score (nSPS) is 11.5. The molecule has 2 heterocycles. The van der Waals surface area contributed by atoms with E-state index in [-0.39, 0.29) is 0 Å². The molecule has 3 aromatic carbocycles. The zero-order chi connectivity index (χ0) is 15.2. The Morgan fingerprint density at radius 2 is 1.43 bits per heavy atom. The Morgan fingerprint density at radius 3 is 2.39 bits per heavy atom. The predicted octanol–water partition coefficient (Wildman–Crippen LogP) is 4.93. The summed E-state index contributed by atoms with van der Waals surface area (Å²) in [5, 5.41) is 3.53. The van der Waals surface area contributed by atoms with Crippen LogP contribution in [0.2, 0.25) is 0 Å². The molecule has 2 aromatic heterocycles. The van der Waals surface area contributed by atoms with Crippen molar-refractivity contribution in [3.63, 3.8) is 0 Å². The number of para-hydroxylation sites is 3. The van der Waals surface area contributed by atoms with Gasteiger partial charge in [0.05, 0.1) is 16.7 Å². The van der Waals surface area contributed by atoms with Gasteiger partial charge in [0.15, 0.2) is 0 Å². The molecular formula is C20H13N3. The molecule has 0 aliphatic carbocycles. The molecule has 23 heavy (non-hydrogen) atoms. The van der Waals surface area contributed by atoms with E-state index in [1.54, 1.807) is 6.33 Å². The number of H-pyrrole nitrogens is 1. The van der Waals surface area contributed by atoms with Crippen LogP contribution in [-0.2, 0) is 0 Å². The SMILES string of the molecule is c1ccc2c(-c3cccc4c3[nH]c3ccccc34)ncnc2c1. The molecule has 0 unspecified atom stereocenters. The van der Waals surface area contributed by atoms with E-state index in [2.05, 4.69) is 63.5 Å². The van der Waals surface area contributed by atoms with Crippen LogP contribution in [0.1, 0.15) is 0 Å². The fraction of sp³-hybridized carbons (Fsp3) is 0. The molecule has 0 fully saturated rings. The smallest absolute Gasteiger partial charge is 0.116 e. The van der Waals surface area contributed by atoms with Gasteiger partial charge in [-0.2, -0.15) is 0 Å². The summed E-state index contributed by atoms with van der Waals surface area (Å²) in [4.78, 5) is 12.5. The lowest BCUT2D eigenvalue weighted by Gasteiger charge is -2.06. The van der Waals surface area contributed by atoms with E-state index in [1.165, 1.54) is 10.8 Å². The van der Waals surface area contributed by atoms with Crippen LogP contribution in [0.4, 0.5) is 0 Å². The molecule has 0 aliphatic rings. The van der Waals surface area contributed by atoms with Crippen LogP contribution >= 0.6 is 0 Å². The number of nitrogens with zero attached hydrogens (tertiary/aromatic N) is 2. The second-order valence-electron chi connectivity index (χ2n) is 5.64. The van der Waals surface area contributed by atoms with Gasteiger partial charge in [-0.1, -0.05) is 54.6 Å². The van der Waals surface area contributed by atoms with Crippen molar-refractivity contribution in [2.45, 2.75) is 0 Å². The fourth-order valence-electron chi connectivity index (χ4n) is 3.29. The number of aromatic nitrogens is 3. The lowest BCUT2D eigenvalue weighted by Crippen LogP contribution is -1.89. The minimum Gasteiger partial charge on any atom is -0.354 e. The molecule has 0 spiro atoms. The molecule has 3 nitrogen and oxygen atoms in total. The Kier molecular flexibility index (Phi) is 2.50. The largest absolute Gasteiger partial charge is 0.354 e. The van der Waals surface area contributed by atoms with Crippen molar-refractivity contribution in [1.29, 1.82) is 0 Å². The van der Waals surface area contributed by atoms with E-state index in [0.29, 0.717) is 0 Å². The van der Waals surface area contributed by atoms with E-state index in [1.807, 2.05) is 18.2 Å². The first-order chi connectivity index (χ1) is 11.4. The minimum absolute atomic E-state index is 0.964. The maximum absolute atomic E-state index is 4.57. The molecule has 0 saturated heterocycles. The summed E-state index contributed by atoms with van der Waals surface area (Å²) in [7, 11) is 0. The van der Waals surface area contributed by atoms with Crippen molar-refractivity contribution in [2.75, 3.05) is 0 Å². The first-order valence-corrected chi connectivity index (χ1v) is 7.61. The van der Waals surface area contributed by atoms with Crippen LogP contribution < -0.4 is 0 Å². The molecule has 0 aliphatic heterocycles. The highest BCUT2D eigenvalue weighted by atomic mass is 14.8.